The van der Waals surface area contributed by atoms with E-state index in [-0.39, 0.29) is 24.3 Å². The number of esters is 1. The van der Waals surface area contributed by atoms with Crippen LogP contribution in [0.3, 0.4) is 0 Å². The largest absolute Gasteiger partial charge is 0.462 e. The number of aryl methyl sites for hydroxylation is 1. The van der Waals surface area contributed by atoms with E-state index in [1.165, 1.54) is 6.20 Å². The quantitative estimate of drug-likeness (QED) is 0.571. The maximum atomic E-state index is 12.4. The van der Waals surface area contributed by atoms with Crippen molar-refractivity contribution in [3.8, 4) is 0 Å². The molecule has 1 aliphatic carbocycles. The molecule has 0 aromatic carbocycles. The number of pyridine rings is 1. The van der Waals surface area contributed by atoms with Crippen molar-refractivity contribution in [1.82, 2.24) is 9.55 Å². The third kappa shape index (κ3) is 4.59. The van der Waals surface area contributed by atoms with E-state index < -0.39 is 16.1 Å². The number of hydrogen-bond donors (Lipinski definition) is 2. The fourth-order valence-corrected chi connectivity index (χ4v) is 4.64. The SMILES string of the molecule is CCOC(=O)c1cnc2c(ccn2C)c1N[C@H]1CC[C@H](CS(=O)(=O)O)CC1. The van der Waals surface area contributed by atoms with E-state index >= 15 is 0 Å². The van der Waals surface area contributed by atoms with Gasteiger partial charge in [0.15, 0.2) is 0 Å². The summed E-state index contributed by atoms with van der Waals surface area (Å²) < 4.78 is 38.3. The Labute approximate surface area is 158 Å². The van der Waals surface area contributed by atoms with Crippen LogP contribution in [0.25, 0.3) is 11.0 Å². The van der Waals surface area contributed by atoms with Gasteiger partial charge in [0.2, 0.25) is 0 Å². The zero-order chi connectivity index (χ0) is 19.6. The molecule has 0 radical (unpaired) electrons. The van der Waals surface area contributed by atoms with Crippen LogP contribution < -0.4 is 5.32 Å². The van der Waals surface area contributed by atoms with Gasteiger partial charge in [-0.2, -0.15) is 8.42 Å². The molecule has 0 bridgehead atoms. The Balaban J connectivity index is 1.81. The molecule has 0 saturated heterocycles. The van der Waals surface area contributed by atoms with E-state index in [1.807, 2.05) is 23.9 Å². The minimum Gasteiger partial charge on any atom is -0.462 e. The summed E-state index contributed by atoms with van der Waals surface area (Å²) in [5.74, 6) is -0.638. The first kappa shape index (κ1) is 19.6. The molecule has 0 unspecified atom stereocenters. The van der Waals surface area contributed by atoms with Crippen molar-refractivity contribution >= 4 is 32.8 Å². The number of rotatable bonds is 6. The zero-order valence-electron chi connectivity index (χ0n) is 15.5. The molecule has 27 heavy (non-hydrogen) atoms. The van der Waals surface area contributed by atoms with Crippen molar-refractivity contribution in [1.29, 1.82) is 0 Å². The van der Waals surface area contributed by atoms with Crippen molar-refractivity contribution < 1.29 is 22.5 Å². The highest BCUT2D eigenvalue weighted by Crippen LogP contribution is 2.32. The minimum absolute atomic E-state index is 0.0308. The molecule has 3 rings (SSSR count). The molecule has 1 fully saturated rings. The maximum Gasteiger partial charge on any atom is 0.341 e. The van der Waals surface area contributed by atoms with E-state index in [2.05, 4.69) is 10.3 Å². The van der Waals surface area contributed by atoms with Gasteiger partial charge in [-0.25, -0.2) is 9.78 Å². The van der Waals surface area contributed by atoms with Gasteiger partial charge in [-0.05, 0) is 44.6 Å². The zero-order valence-corrected chi connectivity index (χ0v) is 16.3. The topological polar surface area (TPSA) is 111 Å². The molecular formula is C18H25N3O5S. The lowest BCUT2D eigenvalue weighted by atomic mass is 9.87. The third-order valence-electron chi connectivity index (χ3n) is 5.03. The van der Waals surface area contributed by atoms with Crippen LogP contribution >= 0.6 is 0 Å². The molecule has 1 aliphatic rings. The number of nitrogens with one attached hydrogen (secondary N) is 1. The van der Waals surface area contributed by atoms with Gasteiger partial charge in [-0.3, -0.25) is 4.55 Å². The number of nitrogens with zero attached hydrogens (tertiary/aromatic N) is 2. The molecule has 2 heterocycles. The number of aromatic nitrogens is 2. The van der Waals surface area contributed by atoms with Crippen molar-refractivity contribution in [2.45, 2.75) is 38.6 Å². The van der Waals surface area contributed by atoms with Crippen LogP contribution in [0, 0.1) is 5.92 Å². The van der Waals surface area contributed by atoms with Crippen LogP contribution in [0.1, 0.15) is 43.0 Å². The fourth-order valence-electron chi connectivity index (χ4n) is 3.71. The van der Waals surface area contributed by atoms with Gasteiger partial charge in [-0.15, -0.1) is 0 Å². The van der Waals surface area contributed by atoms with Crippen LogP contribution in [0.15, 0.2) is 18.5 Å². The molecule has 0 amide bonds. The van der Waals surface area contributed by atoms with Crippen molar-refractivity contribution in [2.75, 3.05) is 17.7 Å². The number of carbonyl (C=O) groups is 1. The van der Waals surface area contributed by atoms with E-state index in [4.69, 9.17) is 9.29 Å². The predicted octanol–water partition coefficient (Wildman–Crippen LogP) is 2.61. The van der Waals surface area contributed by atoms with Gasteiger partial charge in [0, 0.05) is 30.9 Å². The first-order chi connectivity index (χ1) is 12.8. The number of carbonyl (C=O) groups excluding carboxylic acids is 1. The van der Waals surface area contributed by atoms with E-state index in [0.29, 0.717) is 24.1 Å². The Morgan fingerprint density at radius 1 is 1.37 bits per heavy atom. The Bertz CT molecular complexity index is 930. The van der Waals surface area contributed by atoms with Crippen LogP contribution in [0.2, 0.25) is 0 Å². The lowest BCUT2D eigenvalue weighted by Crippen LogP contribution is -2.29. The molecular weight excluding hydrogens is 370 g/mol. The molecule has 0 atom stereocenters. The smallest absolute Gasteiger partial charge is 0.341 e. The normalized spacial score (nSPS) is 20.6. The predicted molar refractivity (Wildman–Crippen MR) is 102 cm³/mol. The van der Waals surface area contributed by atoms with Crippen LogP contribution in [-0.2, 0) is 21.9 Å². The van der Waals surface area contributed by atoms with Crippen molar-refractivity contribution in [2.24, 2.45) is 13.0 Å². The first-order valence-corrected chi connectivity index (χ1v) is 10.7. The lowest BCUT2D eigenvalue weighted by molar-refractivity contribution is 0.0527. The Morgan fingerprint density at radius 3 is 2.70 bits per heavy atom. The minimum atomic E-state index is -3.94. The third-order valence-corrected chi connectivity index (χ3v) is 5.92. The maximum absolute atomic E-state index is 12.4. The van der Waals surface area contributed by atoms with Crippen LogP contribution in [0.4, 0.5) is 5.69 Å². The monoisotopic (exact) mass is 395 g/mol. The van der Waals surface area contributed by atoms with Gasteiger partial charge < -0.3 is 14.6 Å². The highest BCUT2D eigenvalue weighted by Gasteiger charge is 2.27. The first-order valence-electron chi connectivity index (χ1n) is 9.11. The summed E-state index contributed by atoms with van der Waals surface area (Å²) in [4.78, 5) is 16.7. The standard InChI is InChI=1S/C18H25N3O5S/c1-3-26-18(22)15-10-19-17-14(8-9-21(17)2)16(15)20-13-6-4-12(5-7-13)11-27(23,24)25/h8-10,12-13H,3-7,11H2,1-2H3,(H,19,20)(H,23,24,25)/t12-,13-. The lowest BCUT2D eigenvalue weighted by Gasteiger charge is -2.29. The van der Waals surface area contributed by atoms with Gasteiger partial charge in [0.25, 0.3) is 10.1 Å². The second-order valence-electron chi connectivity index (χ2n) is 7.04. The van der Waals surface area contributed by atoms with Crippen molar-refractivity contribution in [3.05, 3.63) is 24.0 Å². The molecule has 148 valence electrons. The Hall–Kier alpha value is -2.13. The van der Waals surface area contributed by atoms with E-state index in [1.54, 1.807) is 6.92 Å². The summed E-state index contributed by atoms with van der Waals surface area (Å²) in [5.41, 5.74) is 1.87. The number of hydrogen-bond acceptors (Lipinski definition) is 6. The van der Waals surface area contributed by atoms with Gasteiger partial charge >= 0.3 is 5.97 Å². The van der Waals surface area contributed by atoms with E-state index in [9.17, 15) is 13.2 Å². The average Bonchev–Trinajstić information content (AvgIpc) is 2.97. The summed E-state index contributed by atoms with van der Waals surface area (Å²) in [7, 11) is -2.05. The van der Waals surface area contributed by atoms with Crippen LogP contribution in [-0.4, -0.2) is 46.9 Å². The molecule has 0 spiro atoms. The number of fused-ring (bicyclic) bond motifs is 1. The average molecular weight is 395 g/mol. The Kier molecular flexibility index (Phi) is 5.71. The van der Waals surface area contributed by atoms with Crippen molar-refractivity contribution in [3.63, 3.8) is 0 Å². The summed E-state index contributed by atoms with van der Waals surface area (Å²) in [5, 5.41) is 4.31. The molecule has 1 saturated carbocycles. The number of anilines is 1. The molecule has 2 aromatic heterocycles. The Morgan fingerprint density at radius 2 is 2.07 bits per heavy atom. The molecule has 0 aliphatic heterocycles. The molecule has 9 heteroatoms. The number of ether oxygens (including phenoxy) is 1. The van der Waals surface area contributed by atoms with E-state index in [0.717, 1.165) is 23.9 Å². The second kappa shape index (κ2) is 7.85. The summed E-state index contributed by atoms with van der Waals surface area (Å²) >= 11 is 0. The second-order valence-corrected chi connectivity index (χ2v) is 8.54. The van der Waals surface area contributed by atoms with Gasteiger partial charge in [0.05, 0.1) is 18.0 Å². The van der Waals surface area contributed by atoms with Crippen LogP contribution in [0.5, 0.6) is 0 Å². The van der Waals surface area contributed by atoms with Gasteiger partial charge in [0.1, 0.15) is 11.2 Å². The molecule has 2 aromatic rings. The molecule has 8 nitrogen and oxygen atoms in total. The molecule has 2 N–H and O–H groups in total. The van der Waals surface area contributed by atoms with Gasteiger partial charge in [-0.1, -0.05) is 0 Å². The highest BCUT2D eigenvalue weighted by atomic mass is 32.2. The summed E-state index contributed by atoms with van der Waals surface area (Å²) in [6, 6.07) is 2.03. The summed E-state index contributed by atoms with van der Waals surface area (Å²) in [6.07, 6.45) is 6.36. The highest BCUT2D eigenvalue weighted by molar-refractivity contribution is 7.85. The fraction of sp³-hybridized carbons (Fsp3) is 0.556. The summed E-state index contributed by atoms with van der Waals surface area (Å²) in [6.45, 7) is 2.04.